The lowest BCUT2D eigenvalue weighted by atomic mass is 10.2. The number of likely N-dealkylation sites (tertiary alicyclic amines) is 1. The van der Waals surface area contributed by atoms with Crippen molar-refractivity contribution in [2.45, 2.75) is 19.3 Å². The summed E-state index contributed by atoms with van der Waals surface area (Å²) in [7, 11) is 0. The molecule has 7 heteroatoms. The Labute approximate surface area is 122 Å². The van der Waals surface area contributed by atoms with Crippen LogP contribution >= 0.6 is 12.4 Å². The van der Waals surface area contributed by atoms with Gasteiger partial charge < -0.3 is 11.1 Å². The molecule has 108 valence electrons. The molecule has 6 nitrogen and oxygen atoms in total. The molecule has 2 rings (SSSR count). The third kappa shape index (κ3) is 3.71. The molecule has 0 aromatic heterocycles. The van der Waals surface area contributed by atoms with Gasteiger partial charge in [0.15, 0.2) is 0 Å². The number of nitrogens with two attached hydrogens (primary N) is 1. The number of halogens is 1. The van der Waals surface area contributed by atoms with Gasteiger partial charge in [0.05, 0.1) is 11.4 Å². The predicted molar refractivity (Wildman–Crippen MR) is 77.3 cm³/mol. The maximum atomic E-state index is 11.7. The highest BCUT2D eigenvalue weighted by atomic mass is 35.5. The van der Waals surface area contributed by atoms with Crippen LogP contribution in [0.4, 0.5) is 11.4 Å². The fourth-order valence-electron chi connectivity index (χ4n) is 1.91. The normalized spacial score (nSPS) is 14.1. The van der Waals surface area contributed by atoms with Gasteiger partial charge in [0, 0.05) is 25.8 Å². The Bertz CT molecular complexity index is 517. The summed E-state index contributed by atoms with van der Waals surface area (Å²) in [6.07, 6.45) is 0.560. The number of anilines is 2. The van der Waals surface area contributed by atoms with Crippen molar-refractivity contribution < 1.29 is 14.4 Å². The van der Waals surface area contributed by atoms with Gasteiger partial charge in [-0.25, -0.2) is 0 Å². The SMILES string of the molecule is Cl.Nc1ccccc1NC(=O)CCN1C(=O)CCC1=O. The Hall–Kier alpha value is -2.08. The number of carbonyl (C=O) groups is 3. The molecular formula is C13H16ClN3O3. The van der Waals surface area contributed by atoms with Crippen molar-refractivity contribution in [1.82, 2.24) is 4.90 Å². The fourth-order valence-corrected chi connectivity index (χ4v) is 1.91. The first kappa shape index (κ1) is 16.0. The second-order valence-corrected chi connectivity index (χ2v) is 4.32. The summed E-state index contributed by atoms with van der Waals surface area (Å²) in [5.41, 5.74) is 6.71. The maximum absolute atomic E-state index is 11.7. The molecule has 1 fully saturated rings. The van der Waals surface area contributed by atoms with E-state index in [-0.39, 0.29) is 55.9 Å². The number of nitrogen functional groups attached to an aromatic ring is 1. The monoisotopic (exact) mass is 297 g/mol. The quantitative estimate of drug-likeness (QED) is 0.644. The number of nitrogens with zero attached hydrogens (tertiary/aromatic N) is 1. The van der Waals surface area contributed by atoms with Gasteiger partial charge in [0.1, 0.15) is 0 Å². The molecule has 3 amide bonds. The van der Waals surface area contributed by atoms with Gasteiger partial charge in [0.25, 0.3) is 0 Å². The number of para-hydroxylation sites is 2. The third-order valence-electron chi connectivity index (χ3n) is 2.95. The van der Waals surface area contributed by atoms with Crippen LogP contribution in [0.1, 0.15) is 19.3 Å². The molecule has 0 radical (unpaired) electrons. The summed E-state index contributed by atoms with van der Waals surface area (Å²) in [6.45, 7) is 0.121. The molecule has 0 bridgehead atoms. The van der Waals surface area contributed by atoms with Crippen LogP contribution in [0.3, 0.4) is 0 Å². The lowest BCUT2D eigenvalue weighted by molar-refractivity contribution is -0.138. The molecule has 3 N–H and O–H groups in total. The lowest BCUT2D eigenvalue weighted by Gasteiger charge is -2.13. The van der Waals surface area contributed by atoms with Crippen molar-refractivity contribution in [1.29, 1.82) is 0 Å². The first-order chi connectivity index (χ1) is 9.08. The first-order valence-electron chi connectivity index (χ1n) is 6.05. The van der Waals surface area contributed by atoms with Crippen molar-refractivity contribution in [3.8, 4) is 0 Å². The minimum Gasteiger partial charge on any atom is -0.397 e. The second-order valence-electron chi connectivity index (χ2n) is 4.32. The summed E-state index contributed by atoms with van der Waals surface area (Å²) >= 11 is 0. The van der Waals surface area contributed by atoms with Crippen LogP contribution in [-0.4, -0.2) is 29.2 Å². The van der Waals surface area contributed by atoms with Gasteiger partial charge in [-0.15, -0.1) is 12.4 Å². The Kier molecular flexibility index (Phi) is 5.52. The molecule has 1 aliphatic heterocycles. The van der Waals surface area contributed by atoms with E-state index in [4.69, 9.17) is 5.73 Å². The zero-order valence-corrected chi connectivity index (χ0v) is 11.6. The van der Waals surface area contributed by atoms with Gasteiger partial charge >= 0.3 is 0 Å². The first-order valence-corrected chi connectivity index (χ1v) is 6.05. The number of rotatable bonds is 4. The number of benzene rings is 1. The topological polar surface area (TPSA) is 92.5 Å². The van der Waals surface area contributed by atoms with Crippen LogP contribution < -0.4 is 11.1 Å². The van der Waals surface area contributed by atoms with Gasteiger partial charge in [0.2, 0.25) is 17.7 Å². The number of imide groups is 1. The minimum absolute atomic E-state index is 0. The van der Waals surface area contributed by atoms with Crippen LogP contribution in [0.5, 0.6) is 0 Å². The highest BCUT2D eigenvalue weighted by molar-refractivity contribution is 6.02. The van der Waals surface area contributed by atoms with Crippen LogP contribution in [0.25, 0.3) is 0 Å². The van der Waals surface area contributed by atoms with E-state index >= 15 is 0 Å². The van der Waals surface area contributed by atoms with E-state index in [1.165, 1.54) is 0 Å². The van der Waals surface area contributed by atoms with E-state index in [0.29, 0.717) is 11.4 Å². The van der Waals surface area contributed by atoms with Crippen LogP contribution in [0.2, 0.25) is 0 Å². The largest absolute Gasteiger partial charge is 0.397 e. The molecule has 1 heterocycles. The van der Waals surface area contributed by atoms with Gasteiger partial charge in [-0.2, -0.15) is 0 Å². The molecule has 0 spiro atoms. The molecule has 1 aromatic carbocycles. The zero-order chi connectivity index (χ0) is 13.8. The van der Waals surface area contributed by atoms with Gasteiger partial charge in [-0.05, 0) is 12.1 Å². The highest BCUT2D eigenvalue weighted by Crippen LogP contribution is 2.17. The van der Waals surface area contributed by atoms with E-state index in [9.17, 15) is 14.4 Å². The van der Waals surface area contributed by atoms with Crippen molar-refractivity contribution in [2.24, 2.45) is 0 Å². The molecule has 1 aromatic rings. The predicted octanol–water partition coefficient (Wildman–Crippen LogP) is 1.17. The smallest absolute Gasteiger partial charge is 0.229 e. The summed E-state index contributed by atoms with van der Waals surface area (Å²) in [5, 5.41) is 2.65. The van der Waals surface area contributed by atoms with E-state index in [0.717, 1.165) is 4.90 Å². The van der Waals surface area contributed by atoms with Crippen molar-refractivity contribution >= 4 is 41.5 Å². The second kappa shape index (κ2) is 6.91. The van der Waals surface area contributed by atoms with E-state index in [2.05, 4.69) is 5.32 Å². The van der Waals surface area contributed by atoms with Crippen molar-refractivity contribution in [2.75, 3.05) is 17.6 Å². The minimum atomic E-state index is -0.273. The number of hydrogen-bond donors (Lipinski definition) is 2. The van der Waals surface area contributed by atoms with Crippen molar-refractivity contribution in [3.05, 3.63) is 24.3 Å². The van der Waals surface area contributed by atoms with Gasteiger partial charge in [-0.1, -0.05) is 12.1 Å². The van der Waals surface area contributed by atoms with Crippen LogP contribution in [-0.2, 0) is 14.4 Å². The van der Waals surface area contributed by atoms with E-state index in [1.54, 1.807) is 24.3 Å². The summed E-state index contributed by atoms with van der Waals surface area (Å²) in [6, 6.07) is 6.91. The van der Waals surface area contributed by atoms with Crippen LogP contribution in [0, 0.1) is 0 Å². The zero-order valence-electron chi connectivity index (χ0n) is 10.8. The van der Waals surface area contributed by atoms with Crippen LogP contribution in [0.15, 0.2) is 24.3 Å². The fraction of sp³-hybridized carbons (Fsp3) is 0.308. The summed E-state index contributed by atoms with van der Waals surface area (Å²) < 4.78 is 0. The Morgan fingerprint density at radius 1 is 1.20 bits per heavy atom. The number of amides is 3. The molecular weight excluding hydrogens is 282 g/mol. The van der Waals surface area contributed by atoms with E-state index in [1.807, 2.05) is 0 Å². The average Bonchev–Trinajstić information content (AvgIpc) is 2.70. The molecule has 1 aliphatic rings. The Morgan fingerprint density at radius 2 is 1.80 bits per heavy atom. The number of carbonyl (C=O) groups excluding carboxylic acids is 3. The Balaban J connectivity index is 0.00000200. The van der Waals surface area contributed by atoms with E-state index < -0.39 is 0 Å². The standard InChI is InChI=1S/C13H15N3O3.ClH/c14-9-3-1-2-4-10(9)15-11(17)7-8-16-12(18)5-6-13(16)19;/h1-4H,5-8,14H2,(H,15,17);1H. The summed E-state index contributed by atoms with van der Waals surface area (Å²) in [5.74, 6) is -0.695. The maximum Gasteiger partial charge on any atom is 0.229 e. The van der Waals surface area contributed by atoms with Gasteiger partial charge in [-0.3, -0.25) is 19.3 Å². The molecule has 0 atom stereocenters. The lowest BCUT2D eigenvalue weighted by Crippen LogP contribution is -2.32. The highest BCUT2D eigenvalue weighted by Gasteiger charge is 2.28. The third-order valence-corrected chi connectivity index (χ3v) is 2.95. The molecule has 1 saturated heterocycles. The molecule has 20 heavy (non-hydrogen) atoms. The average molecular weight is 298 g/mol. The summed E-state index contributed by atoms with van der Waals surface area (Å²) in [4.78, 5) is 35.6. The molecule has 0 unspecified atom stereocenters. The Morgan fingerprint density at radius 3 is 2.40 bits per heavy atom. The molecule has 0 saturated carbocycles. The number of hydrogen-bond acceptors (Lipinski definition) is 4. The molecule has 0 aliphatic carbocycles. The van der Waals surface area contributed by atoms with Crippen molar-refractivity contribution in [3.63, 3.8) is 0 Å². The number of nitrogens with one attached hydrogen (secondary N) is 1.